The van der Waals surface area contributed by atoms with Crippen LogP contribution in [0.15, 0.2) is 44.7 Å². The minimum Gasteiger partial charge on any atom is -0.442 e. The zero-order chi connectivity index (χ0) is 14.9. The SMILES string of the molecule is O=Cc1ccc(S(=O)(=O)c2ccc(Cl)c([N+](=O)[O-])c2)o1. The van der Waals surface area contributed by atoms with E-state index < -0.39 is 25.5 Å². The number of furan rings is 1. The van der Waals surface area contributed by atoms with Crippen LogP contribution in [0.5, 0.6) is 0 Å². The minimum absolute atomic E-state index is 0.160. The molecule has 1 heterocycles. The molecule has 0 fully saturated rings. The summed E-state index contributed by atoms with van der Waals surface area (Å²) >= 11 is 5.61. The molecule has 0 bridgehead atoms. The molecule has 0 aliphatic rings. The quantitative estimate of drug-likeness (QED) is 0.487. The average molecular weight is 316 g/mol. The Morgan fingerprint density at radius 2 is 1.95 bits per heavy atom. The van der Waals surface area contributed by atoms with Crippen LogP contribution in [-0.4, -0.2) is 19.6 Å². The van der Waals surface area contributed by atoms with Gasteiger partial charge in [0.25, 0.3) is 5.69 Å². The monoisotopic (exact) mass is 315 g/mol. The summed E-state index contributed by atoms with van der Waals surface area (Å²) in [6, 6.07) is 5.34. The van der Waals surface area contributed by atoms with Crippen molar-refractivity contribution in [3.8, 4) is 0 Å². The van der Waals surface area contributed by atoms with Gasteiger partial charge in [-0.05, 0) is 24.3 Å². The predicted molar refractivity (Wildman–Crippen MR) is 67.7 cm³/mol. The highest BCUT2D eigenvalue weighted by atomic mass is 35.5. The zero-order valence-corrected chi connectivity index (χ0v) is 11.2. The summed E-state index contributed by atoms with van der Waals surface area (Å²) < 4.78 is 29.2. The molecule has 20 heavy (non-hydrogen) atoms. The normalized spacial score (nSPS) is 11.2. The van der Waals surface area contributed by atoms with Gasteiger partial charge in [0.1, 0.15) is 5.02 Å². The molecule has 2 aromatic rings. The minimum atomic E-state index is -4.09. The van der Waals surface area contributed by atoms with Crippen molar-refractivity contribution >= 4 is 33.4 Å². The van der Waals surface area contributed by atoms with Gasteiger partial charge < -0.3 is 4.42 Å². The van der Waals surface area contributed by atoms with Gasteiger partial charge >= 0.3 is 0 Å². The summed E-state index contributed by atoms with van der Waals surface area (Å²) in [6.07, 6.45) is 0.351. The molecule has 0 N–H and O–H groups in total. The Labute approximate surface area is 117 Å². The number of hydrogen-bond acceptors (Lipinski definition) is 6. The number of aldehydes is 1. The molecule has 0 unspecified atom stereocenters. The third kappa shape index (κ3) is 2.43. The van der Waals surface area contributed by atoms with E-state index in [1.54, 1.807) is 0 Å². The van der Waals surface area contributed by atoms with Gasteiger partial charge in [-0.15, -0.1) is 0 Å². The van der Waals surface area contributed by atoms with E-state index in [2.05, 4.69) is 0 Å². The number of nitrogens with zero attached hydrogens (tertiary/aromatic N) is 1. The topological polar surface area (TPSA) is 107 Å². The molecule has 9 heteroatoms. The van der Waals surface area contributed by atoms with Crippen LogP contribution in [-0.2, 0) is 9.84 Å². The Hall–Kier alpha value is -2.19. The molecule has 0 radical (unpaired) electrons. The van der Waals surface area contributed by atoms with E-state index in [0.717, 1.165) is 24.3 Å². The predicted octanol–water partition coefficient (Wildman–Crippen LogP) is 2.49. The molecule has 0 saturated carbocycles. The van der Waals surface area contributed by atoms with Crippen LogP contribution in [0.3, 0.4) is 0 Å². The number of rotatable bonds is 4. The van der Waals surface area contributed by atoms with Crippen LogP contribution in [0, 0.1) is 10.1 Å². The number of halogens is 1. The molecule has 0 aliphatic carbocycles. The highest BCUT2D eigenvalue weighted by Crippen LogP contribution is 2.30. The van der Waals surface area contributed by atoms with Gasteiger partial charge in [-0.25, -0.2) is 8.42 Å². The van der Waals surface area contributed by atoms with E-state index in [4.69, 9.17) is 16.0 Å². The fraction of sp³-hybridized carbons (Fsp3) is 0. The molecule has 0 aliphatic heterocycles. The van der Waals surface area contributed by atoms with E-state index in [0.29, 0.717) is 6.29 Å². The molecule has 1 aromatic heterocycles. The molecule has 0 spiro atoms. The number of carbonyl (C=O) groups excluding carboxylic acids is 1. The summed E-state index contributed by atoms with van der Waals surface area (Å²) in [6.45, 7) is 0. The Morgan fingerprint density at radius 1 is 1.25 bits per heavy atom. The molecule has 0 amide bonds. The zero-order valence-electron chi connectivity index (χ0n) is 9.65. The van der Waals surface area contributed by atoms with Crippen LogP contribution >= 0.6 is 11.6 Å². The van der Waals surface area contributed by atoms with Crippen LogP contribution < -0.4 is 0 Å². The first-order valence-electron chi connectivity index (χ1n) is 5.10. The number of sulfone groups is 1. The number of carbonyl (C=O) groups is 1. The Kier molecular flexibility index (Phi) is 3.60. The first kappa shape index (κ1) is 14.2. The van der Waals surface area contributed by atoms with Crippen LogP contribution in [0.2, 0.25) is 5.02 Å². The van der Waals surface area contributed by atoms with Gasteiger partial charge in [-0.3, -0.25) is 14.9 Å². The van der Waals surface area contributed by atoms with Gasteiger partial charge in [-0.2, -0.15) is 0 Å². The van der Waals surface area contributed by atoms with Crippen molar-refractivity contribution < 1.29 is 22.6 Å². The van der Waals surface area contributed by atoms with Gasteiger partial charge in [0.15, 0.2) is 12.0 Å². The second kappa shape index (κ2) is 5.06. The maximum atomic E-state index is 12.2. The first-order chi connectivity index (χ1) is 9.36. The second-order valence-corrected chi connectivity index (χ2v) is 5.94. The summed E-state index contributed by atoms with van der Waals surface area (Å²) in [5, 5.41) is 10.1. The largest absolute Gasteiger partial charge is 0.442 e. The van der Waals surface area contributed by atoms with Crippen molar-refractivity contribution in [1.82, 2.24) is 0 Å². The van der Waals surface area contributed by atoms with Crippen molar-refractivity contribution in [1.29, 1.82) is 0 Å². The highest BCUT2D eigenvalue weighted by Gasteiger charge is 2.25. The Bertz CT molecular complexity index is 795. The molecule has 2 rings (SSSR count). The first-order valence-corrected chi connectivity index (χ1v) is 6.96. The van der Waals surface area contributed by atoms with Crippen LogP contribution in [0.25, 0.3) is 0 Å². The molecule has 7 nitrogen and oxygen atoms in total. The summed E-state index contributed by atoms with van der Waals surface area (Å²) in [5.41, 5.74) is -0.532. The van der Waals surface area contributed by atoms with Gasteiger partial charge in [-0.1, -0.05) is 11.6 Å². The van der Waals surface area contributed by atoms with E-state index in [1.165, 1.54) is 6.07 Å². The van der Waals surface area contributed by atoms with E-state index in [1.807, 2.05) is 0 Å². The Morgan fingerprint density at radius 3 is 2.50 bits per heavy atom. The summed E-state index contributed by atoms with van der Waals surface area (Å²) in [4.78, 5) is 20.1. The molecule has 0 saturated heterocycles. The van der Waals surface area contributed by atoms with Crippen LogP contribution in [0.1, 0.15) is 10.6 Å². The van der Waals surface area contributed by atoms with E-state index >= 15 is 0 Å². The van der Waals surface area contributed by atoms with Crippen molar-refractivity contribution in [2.75, 3.05) is 0 Å². The van der Waals surface area contributed by atoms with Crippen molar-refractivity contribution in [2.45, 2.75) is 9.99 Å². The van der Waals surface area contributed by atoms with Gasteiger partial charge in [0.2, 0.25) is 14.9 Å². The van der Waals surface area contributed by atoms with Gasteiger partial charge in [0.05, 0.1) is 9.82 Å². The fourth-order valence-electron chi connectivity index (χ4n) is 1.46. The summed E-state index contributed by atoms with van der Waals surface area (Å²) in [5.74, 6) is -0.160. The smallest absolute Gasteiger partial charge is 0.289 e. The second-order valence-electron chi connectivity index (χ2n) is 3.65. The summed E-state index contributed by atoms with van der Waals surface area (Å²) in [7, 11) is -4.09. The van der Waals surface area contributed by atoms with Crippen molar-refractivity contribution in [2.24, 2.45) is 0 Å². The molecule has 1 aromatic carbocycles. The molecule has 0 atom stereocenters. The lowest BCUT2D eigenvalue weighted by Gasteiger charge is -2.02. The lowest BCUT2D eigenvalue weighted by Crippen LogP contribution is -2.02. The number of benzene rings is 1. The molecular weight excluding hydrogens is 310 g/mol. The fourth-order valence-corrected chi connectivity index (χ4v) is 2.84. The Balaban J connectivity index is 2.57. The molecule has 104 valence electrons. The number of nitro groups is 1. The average Bonchev–Trinajstić information content (AvgIpc) is 2.88. The maximum Gasteiger partial charge on any atom is 0.289 e. The van der Waals surface area contributed by atoms with E-state index in [-0.39, 0.29) is 15.7 Å². The third-order valence-electron chi connectivity index (χ3n) is 2.41. The number of hydrogen-bond donors (Lipinski definition) is 0. The van der Waals surface area contributed by atoms with Crippen LogP contribution in [0.4, 0.5) is 5.69 Å². The highest BCUT2D eigenvalue weighted by molar-refractivity contribution is 7.91. The van der Waals surface area contributed by atoms with E-state index in [9.17, 15) is 23.3 Å². The lowest BCUT2D eigenvalue weighted by molar-refractivity contribution is -0.384. The standard InChI is InChI=1S/C11H6ClNO6S/c12-9-3-2-8(5-10(9)13(15)16)20(17,18)11-4-1-7(6-14)19-11/h1-6H. The van der Waals surface area contributed by atoms with Crippen molar-refractivity contribution in [3.63, 3.8) is 0 Å². The molecular formula is C11H6ClNO6S. The third-order valence-corrected chi connectivity index (χ3v) is 4.35. The number of nitro benzene ring substituents is 1. The van der Waals surface area contributed by atoms with Crippen molar-refractivity contribution in [3.05, 3.63) is 51.2 Å². The van der Waals surface area contributed by atoms with Gasteiger partial charge in [0, 0.05) is 6.07 Å². The lowest BCUT2D eigenvalue weighted by atomic mass is 10.3. The maximum absolute atomic E-state index is 12.2.